The zero-order chi connectivity index (χ0) is 18.6. The zero-order valence-electron chi connectivity index (χ0n) is 14.8. The number of benzene rings is 2. The van der Waals surface area contributed by atoms with Crippen molar-refractivity contribution in [1.82, 2.24) is 5.32 Å². The molecule has 2 aromatic rings. The Bertz CT molecular complexity index is 811. The van der Waals surface area contributed by atoms with Gasteiger partial charge in [0.1, 0.15) is 5.75 Å². The van der Waals surface area contributed by atoms with Crippen LogP contribution in [-0.4, -0.2) is 42.8 Å². The van der Waals surface area contributed by atoms with Crippen LogP contribution in [0.25, 0.3) is 10.8 Å². The molecule has 2 N–H and O–H groups in total. The van der Waals surface area contributed by atoms with Crippen LogP contribution in [0.15, 0.2) is 36.4 Å². The number of hydrogen-bond donors (Lipinski definition) is 2. The quantitative estimate of drug-likeness (QED) is 0.830. The molecule has 0 spiro atoms. The van der Waals surface area contributed by atoms with Gasteiger partial charge in [0.2, 0.25) is 5.91 Å². The van der Waals surface area contributed by atoms with Gasteiger partial charge in [0, 0.05) is 13.2 Å². The first-order valence-electron chi connectivity index (χ1n) is 8.67. The molecule has 0 aromatic heterocycles. The van der Waals surface area contributed by atoms with Crippen molar-refractivity contribution in [3.63, 3.8) is 0 Å². The summed E-state index contributed by atoms with van der Waals surface area (Å²) in [5.41, 5.74) is 0.153. The van der Waals surface area contributed by atoms with Crippen molar-refractivity contribution in [3.8, 4) is 5.75 Å². The zero-order valence-corrected chi connectivity index (χ0v) is 14.8. The number of carboxylic acid groups (broad SMARTS) is 1. The fourth-order valence-corrected chi connectivity index (χ4v) is 3.51. The van der Waals surface area contributed by atoms with E-state index in [-0.39, 0.29) is 18.7 Å². The fourth-order valence-electron chi connectivity index (χ4n) is 3.51. The predicted octanol–water partition coefficient (Wildman–Crippen LogP) is 2.53. The molecule has 26 heavy (non-hydrogen) atoms. The lowest BCUT2D eigenvalue weighted by Crippen LogP contribution is -2.53. The number of methoxy groups -OCH3 is 1. The summed E-state index contributed by atoms with van der Waals surface area (Å²) in [6.07, 6.45) is 1.11. The smallest absolute Gasteiger partial charge is 0.305 e. The predicted molar refractivity (Wildman–Crippen MR) is 97.4 cm³/mol. The van der Waals surface area contributed by atoms with E-state index in [9.17, 15) is 14.7 Å². The third-order valence-corrected chi connectivity index (χ3v) is 4.87. The minimum absolute atomic E-state index is 0.0918. The minimum atomic E-state index is -0.915. The highest BCUT2D eigenvalue weighted by Gasteiger charge is 2.36. The lowest BCUT2D eigenvalue weighted by Gasteiger charge is -2.36. The van der Waals surface area contributed by atoms with Crippen LogP contribution in [0.2, 0.25) is 0 Å². The number of hydrogen-bond acceptors (Lipinski definition) is 4. The number of carbonyl (C=O) groups is 2. The van der Waals surface area contributed by atoms with Crippen LogP contribution in [-0.2, 0) is 20.7 Å². The van der Waals surface area contributed by atoms with Gasteiger partial charge < -0.3 is 19.9 Å². The summed E-state index contributed by atoms with van der Waals surface area (Å²) >= 11 is 0. The van der Waals surface area contributed by atoms with Gasteiger partial charge in [-0.2, -0.15) is 0 Å². The van der Waals surface area contributed by atoms with Crippen LogP contribution in [0.1, 0.15) is 24.8 Å². The van der Waals surface area contributed by atoms with Gasteiger partial charge >= 0.3 is 5.97 Å². The van der Waals surface area contributed by atoms with Crippen LogP contribution >= 0.6 is 0 Å². The number of carbonyl (C=O) groups excluding carboxylic acids is 1. The first-order chi connectivity index (χ1) is 12.5. The Morgan fingerprint density at radius 1 is 1.23 bits per heavy atom. The van der Waals surface area contributed by atoms with Crippen molar-refractivity contribution in [3.05, 3.63) is 42.0 Å². The van der Waals surface area contributed by atoms with Gasteiger partial charge in [-0.1, -0.05) is 24.3 Å². The molecule has 0 atom stereocenters. The van der Waals surface area contributed by atoms with Crippen molar-refractivity contribution < 1.29 is 24.2 Å². The Hall–Kier alpha value is -2.60. The highest BCUT2D eigenvalue weighted by molar-refractivity contribution is 5.91. The van der Waals surface area contributed by atoms with Crippen molar-refractivity contribution in [1.29, 1.82) is 0 Å². The summed E-state index contributed by atoms with van der Waals surface area (Å²) in [7, 11) is 1.61. The summed E-state index contributed by atoms with van der Waals surface area (Å²) in [5, 5.41) is 14.2. The molecule has 0 saturated carbocycles. The summed E-state index contributed by atoms with van der Waals surface area (Å²) in [5.74, 6) is -0.359. The van der Waals surface area contributed by atoms with E-state index in [2.05, 4.69) is 5.32 Å². The van der Waals surface area contributed by atoms with E-state index in [1.54, 1.807) is 7.11 Å². The van der Waals surface area contributed by atoms with Crippen molar-refractivity contribution >= 4 is 22.6 Å². The molecule has 3 rings (SSSR count). The lowest BCUT2D eigenvalue weighted by atomic mass is 9.86. The molecule has 2 aromatic carbocycles. The average Bonchev–Trinajstić information content (AvgIpc) is 2.61. The van der Waals surface area contributed by atoms with Gasteiger partial charge in [0.05, 0.1) is 25.5 Å². The number of rotatable bonds is 6. The second-order valence-corrected chi connectivity index (χ2v) is 6.69. The Morgan fingerprint density at radius 2 is 2.00 bits per heavy atom. The van der Waals surface area contributed by atoms with Gasteiger partial charge in [-0.15, -0.1) is 0 Å². The summed E-state index contributed by atoms with van der Waals surface area (Å²) in [6, 6.07) is 11.6. The maximum atomic E-state index is 12.7. The van der Waals surface area contributed by atoms with Crippen LogP contribution < -0.4 is 10.1 Å². The Balaban J connectivity index is 1.80. The molecule has 138 valence electrons. The van der Waals surface area contributed by atoms with E-state index in [0.29, 0.717) is 26.1 Å². The standard InChI is InChI=1S/C20H23NO5/c1-25-16-6-5-14-3-2-4-15(17(14)12-16)11-18(22)21-20(13-19(23)24)7-9-26-10-8-20/h2-6,12H,7-11,13H2,1H3,(H,21,22)(H,23,24). The molecule has 0 aliphatic carbocycles. The van der Waals surface area contributed by atoms with E-state index < -0.39 is 11.5 Å². The van der Waals surface area contributed by atoms with Crippen LogP contribution in [0.3, 0.4) is 0 Å². The van der Waals surface area contributed by atoms with Crippen LogP contribution in [0.5, 0.6) is 5.75 Å². The molecular formula is C20H23NO5. The van der Waals surface area contributed by atoms with E-state index >= 15 is 0 Å². The molecule has 0 unspecified atom stereocenters. The van der Waals surface area contributed by atoms with Crippen molar-refractivity contribution in [2.45, 2.75) is 31.2 Å². The molecule has 6 heteroatoms. The monoisotopic (exact) mass is 357 g/mol. The number of ether oxygens (including phenoxy) is 2. The highest BCUT2D eigenvalue weighted by Crippen LogP contribution is 2.27. The SMILES string of the molecule is COc1ccc2cccc(CC(=O)NC3(CC(=O)O)CCOCC3)c2c1. The van der Waals surface area contributed by atoms with Crippen molar-refractivity contribution in [2.75, 3.05) is 20.3 Å². The lowest BCUT2D eigenvalue weighted by molar-refractivity contribution is -0.140. The number of carboxylic acids is 1. The summed E-state index contributed by atoms with van der Waals surface area (Å²) < 4.78 is 10.6. The molecule has 1 saturated heterocycles. The van der Waals surface area contributed by atoms with Gasteiger partial charge in [-0.05, 0) is 41.3 Å². The molecule has 0 radical (unpaired) electrons. The highest BCUT2D eigenvalue weighted by atomic mass is 16.5. The molecule has 1 fully saturated rings. The average molecular weight is 357 g/mol. The minimum Gasteiger partial charge on any atom is -0.497 e. The number of nitrogens with one attached hydrogen (secondary N) is 1. The third kappa shape index (κ3) is 4.14. The Kier molecular flexibility index (Phi) is 5.42. The molecule has 6 nitrogen and oxygen atoms in total. The second-order valence-electron chi connectivity index (χ2n) is 6.69. The third-order valence-electron chi connectivity index (χ3n) is 4.87. The van der Waals surface area contributed by atoms with Crippen LogP contribution in [0.4, 0.5) is 0 Å². The number of aliphatic carboxylic acids is 1. The number of amides is 1. The van der Waals surface area contributed by atoms with Crippen molar-refractivity contribution in [2.24, 2.45) is 0 Å². The molecule has 1 heterocycles. The first kappa shape index (κ1) is 18.2. The van der Waals surface area contributed by atoms with Crippen LogP contribution in [0, 0.1) is 0 Å². The van der Waals surface area contributed by atoms with Gasteiger partial charge in [0.25, 0.3) is 0 Å². The summed E-state index contributed by atoms with van der Waals surface area (Å²) in [6.45, 7) is 0.915. The largest absolute Gasteiger partial charge is 0.497 e. The molecule has 1 aliphatic rings. The number of fused-ring (bicyclic) bond motifs is 1. The van der Waals surface area contributed by atoms with Gasteiger partial charge in [-0.3, -0.25) is 9.59 Å². The molecule has 1 aliphatic heterocycles. The van der Waals surface area contributed by atoms with E-state index in [0.717, 1.165) is 22.1 Å². The summed E-state index contributed by atoms with van der Waals surface area (Å²) in [4.78, 5) is 23.9. The fraction of sp³-hybridized carbons (Fsp3) is 0.400. The Labute approximate surface area is 152 Å². The Morgan fingerprint density at radius 3 is 2.69 bits per heavy atom. The second kappa shape index (κ2) is 7.74. The normalized spacial score (nSPS) is 16.2. The molecule has 1 amide bonds. The maximum Gasteiger partial charge on any atom is 0.305 e. The molecular weight excluding hydrogens is 334 g/mol. The molecule has 0 bridgehead atoms. The van der Waals surface area contributed by atoms with Gasteiger partial charge in [0.15, 0.2) is 0 Å². The maximum absolute atomic E-state index is 12.7. The topological polar surface area (TPSA) is 84.9 Å². The first-order valence-corrected chi connectivity index (χ1v) is 8.67. The van der Waals surface area contributed by atoms with E-state index in [1.165, 1.54) is 0 Å². The van der Waals surface area contributed by atoms with Gasteiger partial charge in [-0.25, -0.2) is 0 Å². The van der Waals surface area contributed by atoms with E-state index in [4.69, 9.17) is 9.47 Å². The van der Waals surface area contributed by atoms with E-state index in [1.807, 2.05) is 36.4 Å².